The third-order valence-corrected chi connectivity index (χ3v) is 4.50. The number of piperazine rings is 1. The summed E-state index contributed by atoms with van der Waals surface area (Å²) in [4.78, 5) is 39.6. The van der Waals surface area contributed by atoms with E-state index in [1.807, 2.05) is 0 Å². The molecule has 0 atom stereocenters. The quantitative estimate of drug-likeness (QED) is 0.551. The van der Waals surface area contributed by atoms with Gasteiger partial charge in [0.2, 0.25) is 11.8 Å². The van der Waals surface area contributed by atoms with E-state index in [1.54, 1.807) is 20.8 Å². The number of nitrogens with two attached hydrogens (primary N) is 1. The number of nitrogens with one attached hydrogen (secondary N) is 1. The fraction of sp³-hybridized carbons (Fsp3) is 0.550. The Morgan fingerprint density at radius 1 is 1.06 bits per heavy atom. The van der Waals surface area contributed by atoms with Gasteiger partial charge in [0, 0.05) is 26.2 Å². The van der Waals surface area contributed by atoms with Crippen LogP contribution in [0.4, 0.5) is 29.3 Å². The monoisotopic (exact) mass is 444 g/mol. The van der Waals surface area contributed by atoms with Crippen LogP contribution in [0.25, 0.3) is 0 Å². The molecule has 2 rings (SSSR count). The van der Waals surface area contributed by atoms with Gasteiger partial charge in [-0.3, -0.25) is 9.59 Å². The van der Waals surface area contributed by atoms with Crippen molar-refractivity contribution in [2.45, 2.75) is 45.9 Å². The second-order valence-corrected chi connectivity index (χ2v) is 8.34. The first-order valence-electron chi connectivity index (χ1n) is 9.70. The lowest BCUT2D eigenvalue weighted by molar-refractivity contribution is -0.137. The van der Waals surface area contributed by atoms with E-state index in [0.29, 0.717) is 0 Å². The molecule has 1 heterocycles. The van der Waals surface area contributed by atoms with Crippen LogP contribution < -0.4 is 11.1 Å². The molecular weight excluding hydrogens is 417 g/mol. The molecule has 11 heteroatoms. The number of benzene rings is 1. The molecule has 0 saturated carbocycles. The number of halogens is 3. The van der Waals surface area contributed by atoms with Crippen LogP contribution in [0.2, 0.25) is 0 Å². The van der Waals surface area contributed by atoms with Gasteiger partial charge in [-0.15, -0.1) is 0 Å². The first-order chi connectivity index (χ1) is 14.2. The lowest BCUT2D eigenvalue weighted by Crippen LogP contribution is -2.52. The van der Waals surface area contributed by atoms with E-state index in [4.69, 9.17) is 10.5 Å². The summed E-state index contributed by atoms with van der Waals surface area (Å²) in [6.07, 6.45) is -5.70. The van der Waals surface area contributed by atoms with E-state index in [9.17, 15) is 27.6 Å². The third kappa shape index (κ3) is 6.76. The minimum Gasteiger partial charge on any atom is -0.444 e. The molecule has 0 radical (unpaired) electrons. The van der Waals surface area contributed by atoms with Crippen molar-refractivity contribution in [3.8, 4) is 0 Å². The molecule has 1 aliphatic heterocycles. The van der Waals surface area contributed by atoms with Crippen LogP contribution in [-0.4, -0.2) is 59.5 Å². The molecule has 0 spiro atoms. The highest BCUT2D eigenvalue weighted by Crippen LogP contribution is 2.38. The first kappa shape index (κ1) is 24.3. The van der Waals surface area contributed by atoms with Crippen molar-refractivity contribution in [2.75, 3.05) is 37.2 Å². The minimum absolute atomic E-state index is 0.195. The Morgan fingerprint density at radius 3 is 2.13 bits per heavy atom. The smallest absolute Gasteiger partial charge is 0.418 e. The predicted octanol–water partition coefficient (Wildman–Crippen LogP) is 3.00. The van der Waals surface area contributed by atoms with Gasteiger partial charge in [0.15, 0.2) is 0 Å². The molecule has 31 heavy (non-hydrogen) atoms. The van der Waals surface area contributed by atoms with Crippen molar-refractivity contribution < 1.29 is 32.3 Å². The highest BCUT2D eigenvalue weighted by molar-refractivity contribution is 6.05. The SMILES string of the molecule is Cc1cc(NC(=O)CC(=O)N2CCN(C(=O)OC(C)(C)C)CC2)c(N)c(C(F)(F)F)c1. The van der Waals surface area contributed by atoms with Crippen molar-refractivity contribution in [1.29, 1.82) is 0 Å². The van der Waals surface area contributed by atoms with Crippen molar-refractivity contribution in [3.63, 3.8) is 0 Å². The fourth-order valence-electron chi connectivity index (χ4n) is 3.04. The number of aryl methyl sites for hydroxylation is 1. The first-order valence-corrected chi connectivity index (χ1v) is 9.70. The Balaban J connectivity index is 1.94. The second-order valence-electron chi connectivity index (χ2n) is 8.34. The molecule has 1 aromatic carbocycles. The standard InChI is InChI=1S/C20H27F3N4O4/c1-12-9-13(20(21,22)23)17(24)14(10-12)25-15(28)11-16(29)26-5-7-27(8-6-26)18(30)31-19(2,3)4/h9-10H,5-8,11,24H2,1-4H3,(H,25,28). The zero-order valence-electron chi connectivity index (χ0n) is 17.9. The number of anilines is 2. The molecule has 3 amide bonds. The van der Waals surface area contributed by atoms with Crippen molar-refractivity contribution in [2.24, 2.45) is 0 Å². The molecule has 0 aromatic heterocycles. The van der Waals surface area contributed by atoms with Crippen molar-refractivity contribution in [1.82, 2.24) is 9.80 Å². The summed E-state index contributed by atoms with van der Waals surface area (Å²) in [6, 6.07) is 2.20. The van der Waals surface area contributed by atoms with Crippen LogP contribution in [0.15, 0.2) is 12.1 Å². The second kappa shape index (κ2) is 9.03. The third-order valence-electron chi connectivity index (χ3n) is 4.50. The number of rotatable bonds is 3. The number of alkyl halides is 3. The summed E-state index contributed by atoms with van der Waals surface area (Å²) in [5.41, 5.74) is 3.35. The Bertz CT molecular complexity index is 857. The molecule has 1 aromatic rings. The van der Waals surface area contributed by atoms with Gasteiger partial charge in [-0.05, 0) is 45.4 Å². The molecular formula is C20H27F3N4O4. The van der Waals surface area contributed by atoms with E-state index in [1.165, 1.54) is 22.8 Å². The molecule has 1 saturated heterocycles. The van der Waals surface area contributed by atoms with Crippen molar-refractivity contribution >= 4 is 29.3 Å². The maximum atomic E-state index is 13.1. The molecule has 1 aliphatic rings. The molecule has 0 aliphatic carbocycles. The largest absolute Gasteiger partial charge is 0.444 e. The van der Waals surface area contributed by atoms with Gasteiger partial charge >= 0.3 is 12.3 Å². The average Bonchev–Trinajstić information content (AvgIpc) is 2.62. The molecule has 1 fully saturated rings. The van der Waals surface area contributed by atoms with Gasteiger partial charge in [-0.25, -0.2) is 4.79 Å². The maximum absolute atomic E-state index is 13.1. The lowest BCUT2D eigenvalue weighted by atomic mass is 10.1. The summed E-state index contributed by atoms with van der Waals surface area (Å²) in [7, 11) is 0. The lowest BCUT2D eigenvalue weighted by Gasteiger charge is -2.35. The van der Waals surface area contributed by atoms with Crippen LogP contribution in [0, 0.1) is 6.92 Å². The zero-order valence-corrected chi connectivity index (χ0v) is 17.9. The van der Waals surface area contributed by atoms with Gasteiger partial charge in [-0.2, -0.15) is 13.2 Å². The number of nitrogens with zero attached hydrogens (tertiary/aromatic N) is 2. The predicted molar refractivity (Wildman–Crippen MR) is 108 cm³/mol. The average molecular weight is 444 g/mol. The van der Waals surface area contributed by atoms with Crippen LogP contribution in [0.1, 0.15) is 38.3 Å². The summed E-state index contributed by atoms with van der Waals surface area (Å²) in [6.45, 7) is 7.64. The molecule has 0 bridgehead atoms. The summed E-state index contributed by atoms with van der Waals surface area (Å²) in [5, 5.41) is 2.29. The van der Waals surface area contributed by atoms with Gasteiger partial charge in [0.05, 0.1) is 16.9 Å². The Labute approximate surface area is 178 Å². The Hall–Kier alpha value is -2.98. The number of ether oxygens (including phenoxy) is 1. The Morgan fingerprint density at radius 2 is 1.61 bits per heavy atom. The van der Waals surface area contributed by atoms with Gasteiger partial charge in [-0.1, -0.05) is 0 Å². The molecule has 172 valence electrons. The van der Waals surface area contributed by atoms with Crippen molar-refractivity contribution in [3.05, 3.63) is 23.3 Å². The summed E-state index contributed by atoms with van der Waals surface area (Å²) in [5.74, 6) is -1.27. The molecule has 8 nitrogen and oxygen atoms in total. The number of carbonyl (C=O) groups is 3. The van der Waals surface area contributed by atoms with Crippen LogP contribution in [0.3, 0.4) is 0 Å². The molecule has 0 unspecified atom stereocenters. The van der Waals surface area contributed by atoms with Gasteiger partial charge in [0.25, 0.3) is 0 Å². The van der Waals surface area contributed by atoms with E-state index < -0.39 is 47.4 Å². The number of amides is 3. The summed E-state index contributed by atoms with van der Waals surface area (Å²) < 4.78 is 44.5. The number of nitrogen functional groups attached to an aromatic ring is 1. The number of hydrogen-bond acceptors (Lipinski definition) is 5. The Kier molecular flexibility index (Phi) is 7.07. The van der Waals surface area contributed by atoms with E-state index >= 15 is 0 Å². The topological polar surface area (TPSA) is 105 Å². The van der Waals surface area contributed by atoms with Crippen LogP contribution in [0.5, 0.6) is 0 Å². The van der Waals surface area contributed by atoms with Crippen LogP contribution in [-0.2, 0) is 20.5 Å². The highest BCUT2D eigenvalue weighted by Gasteiger charge is 2.34. The van der Waals surface area contributed by atoms with Crippen LogP contribution >= 0.6 is 0 Å². The highest BCUT2D eigenvalue weighted by atomic mass is 19.4. The minimum atomic E-state index is -4.67. The fourth-order valence-corrected chi connectivity index (χ4v) is 3.04. The van der Waals surface area contributed by atoms with E-state index in [2.05, 4.69) is 5.32 Å². The van der Waals surface area contributed by atoms with Gasteiger partial charge < -0.3 is 25.6 Å². The number of carbonyl (C=O) groups excluding carboxylic acids is 3. The normalized spacial score (nSPS) is 14.9. The van der Waals surface area contributed by atoms with E-state index in [-0.39, 0.29) is 37.4 Å². The number of hydrogen-bond donors (Lipinski definition) is 2. The van der Waals surface area contributed by atoms with E-state index in [0.717, 1.165) is 6.07 Å². The summed E-state index contributed by atoms with van der Waals surface area (Å²) >= 11 is 0. The van der Waals surface area contributed by atoms with Gasteiger partial charge in [0.1, 0.15) is 12.0 Å². The zero-order chi connectivity index (χ0) is 23.6. The maximum Gasteiger partial charge on any atom is 0.418 e. The molecule has 3 N–H and O–H groups in total.